The Labute approximate surface area is 115 Å². The van der Waals surface area contributed by atoms with E-state index in [-0.39, 0.29) is 24.1 Å². The number of benzene rings is 1. The van der Waals surface area contributed by atoms with Crippen LogP contribution in [0.25, 0.3) is 0 Å². The molecular weight excluding hydrogens is 285 g/mol. The second-order valence-electron chi connectivity index (χ2n) is 3.80. The minimum atomic E-state index is -3.59. The molecule has 0 aliphatic rings. The van der Waals surface area contributed by atoms with E-state index in [0.717, 1.165) is 0 Å². The Morgan fingerprint density at radius 3 is 2.45 bits per heavy atom. The number of nitrogens with one attached hydrogen (secondary N) is 1. The molecule has 1 N–H and O–H groups in total. The van der Waals surface area contributed by atoms with Crippen LogP contribution < -0.4 is 9.46 Å². The lowest BCUT2D eigenvalue weighted by Gasteiger charge is -2.08. The zero-order chi connectivity index (χ0) is 14.4. The zero-order valence-corrected chi connectivity index (χ0v) is 11.2. The molecule has 0 aliphatic heterocycles. The summed E-state index contributed by atoms with van der Waals surface area (Å²) in [5, 5.41) is 0. The Bertz CT molecular complexity index is 647. The first kappa shape index (κ1) is 14.2. The van der Waals surface area contributed by atoms with Crippen LogP contribution in [0.4, 0.5) is 10.3 Å². The normalized spacial score (nSPS) is 11.1. The molecule has 20 heavy (non-hydrogen) atoms. The monoisotopic (exact) mass is 297 g/mol. The topological polar surface area (TPSA) is 81.2 Å². The van der Waals surface area contributed by atoms with Crippen molar-refractivity contribution in [2.24, 2.45) is 0 Å². The number of halogens is 1. The van der Waals surface area contributed by atoms with Crippen molar-refractivity contribution in [1.82, 2.24) is 9.97 Å². The predicted molar refractivity (Wildman–Crippen MR) is 71.3 cm³/mol. The molecule has 0 unspecified atom stereocenters. The van der Waals surface area contributed by atoms with Gasteiger partial charge in [-0.3, -0.25) is 4.72 Å². The molecule has 1 aromatic carbocycles. The van der Waals surface area contributed by atoms with Gasteiger partial charge in [-0.15, -0.1) is 0 Å². The van der Waals surface area contributed by atoms with Gasteiger partial charge in [0.05, 0.1) is 0 Å². The predicted octanol–water partition coefficient (Wildman–Crippen LogP) is 1.44. The van der Waals surface area contributed by atoms with Gasteiger partial charge in [0, 0.05) is 12.4 Å². The Balaban J connectivity index is 1.85. The second kappa shape index (κ2) is 6.29. The maximum atomic E-state index is 12.7. The van der Waals surface area contributed by atoms with Crippen molar-refractivity contribution in [2.45, 2.75) is 0 Å². The van der Waals surface area contributed by atoms with E-state index in [1.54, 1.807) is 6.07 Å². The number of aromatic nitrogens is 2. The van der Waals surface area contributed by atoms with Crippen molar-refractivity contribution in [3.63, 3.8) is 0 Å². The van der Waals surface area contributed by atoms with E-state index in [0.29, 0.717) is 5.75 Å². The largest absolute Gasteiger partial charge is 0.492 e. The Morgan fingerprint density at radius 1 is 1.15 bits per heavy atom. The molecule has 1 heterocycles. The van der Waals surface area contributed by atoms with Crippen LogP contribution in [0.1, 0.15) is 0 Å². The summed E-state index contributed by atoms with van der Waals surface area (Å²) in [4.78, 5) is 7.51. The van der Waals surface area contributed by atoms with Gasteiger partial charge in [0.1, 0.15) is 23.9 Å². The summed E-state index contributed by atoms with van der Waals surface area (Å²) < 4.78 is 43.5. The van der Waals surface area contributed by atoms with Gasteiger partial charge in [0.2, 0.25) is 16.0 Å². The van der Waals surface area contributed by atoms with Gasteiger partial charge in [-0.1, -0.05) is 0 Å². The summed E-state index contributed by atoms with van der Waals surface area (Å²) in [5.74, 6) is -0.234. The summed E-state index contributed by atoms with van der Waals surface area (Å²) in [6.07, 6.45) is 2.86. The SMILES string of the molecule is O=S(=O)(CCOc1ccc(F)cc1)Nc1ncccn1. The molecule has 1 aromatic heterocycles. The molecule has 0 bridgehead atoms. The molecule has 2 rings (SSSR count). The Kier molecular flexibility index (Phi) is 4.46. The number of ether oxygens (including phenoxy) is 1. The molecule has 0 fully saturated rings. The van der Waals surface area contributed by atoms with Crippen LogP contribution in [0.5, 0.6) is 5.75 Å². The second-order valence-corrected chi connectivity index (χ2v) is 5.64. The highest BCUT2D eigenvalue weighted by Gasteiger charge is 2.12. The highest BCUT2D eigenvalue weighted by Crippen LogP contribution is 2.11. The lowest BCUT2D eigenvalue weighted by atomic mass is 10.3. The Morgan fingerprint density at radius 2 is 1.80 bits per heavy atom. The lowest BCUT2D eigenvalue weighted by molar-refractivity contribution is 0.340. The number of nitrogens with zero attached hydrogens (tertiary/aromatic N) is 2. The first-order chi connectivity index (χ1) is 9.55. The van der Waals surface area contributed by atoms with E-state index in [2.05, 4.69) is 14.7 Å². The van der Waals surface area contributed by atoms with Crippen LogP contribution in [0.2, 0.25) is 0 Å². The lowest BCUT2D eigenvalue weighted by Crippen LogP contribution is -2.22. The molecule has 0 atom stereocenters. The van der Waals surface area contributed by atoms with Crippen molar-refractivity contribution in [2.75, 3.05) is 17.1 Å². The maximum absolute atomic E-state index is 12.7. The average molecular weight is 297 g/mol. The van der Waals surface area contributed by atoms with Crippen molar-refractivity contribution in [3.8, 4) is 5.75 Å². The molecule has 0 saturated heterocycles. The fraction of sp³-hybridized carbons (Fsp3) is 0.167. The molecule has 0 radical (unpaired) electrons. The summed E-state index contributed by atoms with van der Waals surface area (Å²) in [6, 6.07) is 6.90. The van der Waals surface area contributed by atoms with Crippen molar-refractivity contribution in [1.29, 1.82) is 0 Å². The summed E-state index contributed by atoms with van der Waals surface area (Å²) in [7, 11) is -3.59. The van der Waals surface area contributed by atoms with E-state index < -0.39 is 10.0 Å². The van der Waals surface area contributed by atoms with E-state index in [1.165, 1.54) is 36.7 Å². The van der Waals surface area contributed by atoms with Gasteiger partial charge in [-0.05, 0) is 30.3 Å². The van der Waals surface area contributed by atoms with Crippen molar-refractivity contribution >= 4 is 16.0 Å². The molecule has 106 valence electrons. The van der Waals surface area contributed by atoms with E-state index in [4.69, 9.17) is 4.74 Å². The third-order valence-electron chi connectivity index (χ3n) is 2.25. The fourth-order valence-electron chi connectivity index (χ4n) is 1.34. The molecule has 0 aliphatic carbocycles. The Hall–Kier alpha value is -2.22. The quantitative estimate of drug-likeness (QED) is 0.872. The first-order valence-electron chi connectivity index (χ1n) is 5.71. The van der Waals surface area contributed by atoms with E-state index in [9.17, 15) is 12.8 Å². The van der Waals surface area contributed by atoms with Gasteiger partial charge in [-0.25, -0.2) is 22.8 Å². The van der Waals surface area contributed by atoms with Crippen molar-refractivity contribution < 1.29 is 17.5 Å². The van der Waals surface area contributed by atoms with Crippen LogP contribution in [0.3, 0.4) is 0 Å². The zero-order valence-electron chi connectivity index (χ0n) is 10.4. The first-order valence-corrected chi connectivity index (χ1v) is 7.36. The molecule has 6 nitrogen and oxygen atoms in total. The fourth-order valence-corrected chi connectivity index (χ4v) is 2.13. The summed E-state index contributed by atoms with van der Waals surface area (Å²) in [6.45, 7) is -0.0617. The smallest absolute Gasteiger partial charge is 0.238 e. The number of anilines is 1. The molecule has 0 saturated carbocycles. The number of sulfonamides is 1. The highest BCUT2D eigenvalue weighted by molar-refractivity contribution is 7.92. The highest BCUT2D eigenvalue weighted by atomic mass is 32.2. The van der Waals surface area contributed by atoms with Crippen LogP contribution in [-0.2, 0) is 10.0 Å². The molecule has 0 amide bonds. The van der Waals surface area contributed by atoms with Gasteiger partial charge in [-0.2, -0.15) is 0 Å². The van der Waals surface area contributed by atoms with Gasteiger partial charge >= 0.3 is 0 Å². The average Bonchev–Trinajstić information content (AvgIpc) is 2.41. The number of rotatable bonds is 6. The van der Waals surface area contributed by atoms with Gasteiger partial charge in [0.15, 0.2) is 0 Å². The maximum Gasteiger partial charge on any atom is 0.238 e. The molecular formula is C12H12FN3O3S. The third-order valence-corrected chi connectivity index (χ3v) is 3.44. The van der Waals surface area contributed by atoms with Crippen LogP contribution in [0, 0.1) is 5.82 Å². The van der Waals surface area contributed by atoms with Gasteiger partial charge in [0.25, 0.3) is 0 Å². The standard InChI is InChI=1S/C12H12FN3O3S/c13-10-2-4-11(5-3-10)19-8-9-20(17,18)16-12-14-6-1-7-15-12/h1-7H,8-9H2,(H,14,15,16). The van der Waals surface area contributed by atoms with Crippen LogP contribution in [-0.4, -0.2) is 30.7 Å². The van der Waals surface area contributed by atoms with E-state index in [1.807, 2.05) is 0 Å². The minimum absolute atomic E-state index is 0.00859. The summed E-state index contributed by atoms with van der Waals surface area (Å²) in [5.41, 5.74) is 0. The third kappa shape index (κ3) is 4.47. The van der Waals surface area contributed by atoms with Crippen molar-refractivity contribution in [3.05, 3.63) is 48.5 Å². The van der Waals surface area contributed by atoms with E-state index >= 15 is 0 Å². The summed E-state index contributed by atoms with van der Waals surface area (Å²) >= 11 is 0. The number of hydrogen-bond acceptors (Lipinski definition) is 5. The van der Waals surface area contributed by atoms with Gasteiger partial charge < -0.3 is 4.74 Å². The molecule has 8 heteroatoms. The number of hydrogen-bond donors (Lipinski definition) is 1. The minimum Gasteiger partial charge on any atom is -0.492 e. The molecule has 0 spiro atoms. The van der Waals surface area contributed by atoms with Crippen LogP contribution >= 0.6 is 0 Å². The molecule has 2 aromatic rings. The van der Waals surface area contributed by atoms with Crippen LogP contribution in [0.15, 0.2) is 42.7 Å².